The van der Waals surface area contributed by atoms with Gasteiger partial charge in [0, 0.05) is 11.7 Å². The van der Waals surface area contributed by atoms with Crippen molar-refractivity contribution in [3.8, 4) is 0 Å². The topological polar surface area (TPSA) is 12.0 Å². The van der Waals surface area contributed by atoms with Gasteiger partial charge < -0.3 is 5.32 Å². The van der Waals surface area contributed by atoms with E-state index in [9.17, 15) is 0 Å². The van der Waals surface area contributed by atoms with E-state index >= 15 is 0 Å². The first-order valence-corrected chi connectivity index (χ1v) is 5.49. The third-order valence-electron chi connectivity index (χ3n) is 1.29. The van der Waals surface area contributed by atoms with E-state index in [0.717, 1.165) is 0 Å². The van der Waals surface area contributed by atoms with Crippen LogP contribution >= 0.6 is 7.53 Å². The molecule has 2 heteroatoms. The molecule has 1 unspecified atom stereocenters. The molecule has 0 spiro atoms. The molecule has 1 rings (SSSR count). The van der Waals surface area contributed by atoms with Gasteiger partial charge >= 0.3 is 0 Å². The second kappa shape index (κ2) is 3.12. The number of aryl methyl sites for hydroxylation is 1. The Kier molecular flexibility index (Phi) is 2.39. The Morgan fingerprint density at radius 2 is 2.20 bits per heavy atom. The summed E-state index contributed by atoms with van der Waals surface area (Å²) in [5.41, 5.74) is 1.30. The fourth-order valence-corrected chi connectivity index (χ4v) is 2.00. The molecule has 1 N–H and O–H groups in total. The predicted octanol–water partition coefficient (Wildman–Crippen LogP) is 3.03. The van der Waals surface area contributed by atoms with Gasteiger partial charge in [0.05, 0.1) is 0 Å². The van der Waals surface area contributed by atoms with E-state index in [0.29, 0.717) is 6.04 Å². The molecule has 0 amide bonds. The summed E-state index contributed by atoms with van der Waals surface area (Å²) in [5, 5.41) is 3.36. The molecular weight excluding hydrogens is 141 g/mol. The Bertz CT molecular complexity index is 203. The summed E-state index contributed by atoms with van der Waals surface area (Å²) in [4.78, 5) is 0. The van der Waals surface area contributed by atoms with Gasteiger partial charge in [0.15, 0.2) is 0 Å². The molecular formula is C8H14NP. The van der Waals surface area contributed by atoms with Gasteiger partial charge in [-0.05, 0) is 38.2 Å². The van der Waals surface area contributed by atoms with E-state index in [-0.39, 0.29) is 7.53 Å². The molecule has 0 bridgehead atoms. The van der Waals surface area contributed by atoms with Gasteiger partial charge in [0.25, 0.3) is 0 Å². The molecule has 0 aliphatic rings. The maximum atomic E-state index is 3.36. The van der Waals surface area contributed by atoms with Crippen molar-refractivity contribution in [1.82, 2.24) is 0 Å². The molecule has 1 aromatic heterocycles. The highest BCUT2D eigenvalue weighted by molar-refractivity contribution is 7.46. The molecule has 0 saturated carbocycles. The molecule has 0 aliphatic heterocycles. The number of rotatable bonds is 2. The van der Waals surface area contributed by atoms with Gasteiger partial charge in [-0.2, -0.15) is 0 Å². The van der Waals surface area contributed by atoms with Gasteiger partial charge in [-0.1, -0.05) is 0 Å². The summed E-state index contributed by atoms with van der Waals surface area (Å²) in [6.45, 7) is 6.57. The summed E-state index contributed by atoms with van der Waals surface area (Å²) in [7, 11) is 0.0600. The van der Waals surface area contributed by atoms with Gasteiger partial charge in [-0.15, -0.1) is 7.53 Å². The van der Waals surface area contributed by atoms with Crippen molar-refractivity contribution in [2.24, 2.45) is 6.66 Å². The molecule has 0 aromatic carbocycles. The van der Waals surface area contributed by atoms with Crippen LogP contribution in [0.15, 0.2) is 17.7 Å². The Morgan fingerprint density at radius 3 is 2.60 bits per heavy atom. The second-order valence-electron chi connectivity index (χ2n) is 2.86. The average molecular weight is 155 g/mol. The van der Waals surface area contributed by atoms with Crippen LogP contribution in [0.4, 0.5) is 5.69 Å². The van der Waals surface area contributed by atoms with Crippen LogP contribution in [0.2, 0.25) is 0 Å². The number of anilines is 1. The molecule has 56 valence electrons. The zero-order chi connectivity index (χ0) is 7.56. The monoisotopic (exact) mass is 155 g/mol. The van der Waals surface area contributed by atoms with Crippen LogP contribution in [0.1, 0.15) is 13.8 Å². The first kappa shape index (κ1) is 7.68. The smallest absolute Gasteiger partial charge is 0.0385 e. The normalized spacial score (nSPS) is 12.2. The summed E-state index contributed by atoms with van der Waals surface area (Å²) < 4.78 is 0. The van der Waals surface area contributed by atoms with Crippen LogP contribution in [0.3, 0.4) is 0 Å². The van der Waals surface area contributed by atoms with Crippen molar-refractivity contribution >= 4 is 13.2 Å². The molecule has 1 heterocycles. The maximum Gasteiger partial charge on any atom is 0.0385 e. The lowest BCUT2D eigenvalue weighted by atomic mass is 10.4. The molecule has 0 aliphatic carbocycles. The van der Waals surface area contributed by atoms with Crippen LogP contribution in [0.5, 0.6) is 0 Å². The average Bonchev–Trinajstić information content (AvgIpc) is 2.13. The van der Waals surface area contributed by atoms with E-state index in [2.05, 4.69) is 43.5 Å². The SMILES string of the molecule is CC(C)Nc1ccp(C)c1. The van der Waals surface area contributed by atoms with E-state index in [1.54, 1.807) is 0 Å². The lowest BCUT2D eigenvalue weighted by molar-refractivity contribution is 0.901. The lowest BCUT2D eigenvalue weighted by Crippen LogP contribution is -2.08. The van der Waals surface area contributed by atoms with Crippen molar-refractivity contribution in [2.45, 2.75) is 19.9 Å². The van der Waals surface area contributed by atoms with Crippen molar-refractivity contribution in [3.05, 3.63) is 17.7 Å². The second-order valence-corrected chi connectivity index (χ2v) is 4.75. The quantitative estimate of drug-likeness (QED) is 0.692. The van der Waals surface area contributed by atoms with Crippen LogP contribution in [0.25, 0.3) is 0 Å². The van der Waals surface area contributed by atoms with Crippen molar-refractivity contribution in [2.75, 3.05) is 5.32 Å². The molecule has 0 fully saturated rings. The Hall–Kier alpha value is -0.420. The molecule has 0 radical (unpaired) electrons. The van der Waals surface area contributed by atoms with Crippen molar-refractivity contribution in [1.29, 1.82) is 0 Å². The molecule has 1 atom stereocenters. The van der Waals surface area contributed by atoms with Gasteiger partial charge in [0.2, 0.25) is 0 Å². The zero-order valence-corrected chi connectivity index (χ0v) is 7.65. The minimum Gasteiger partial charge on any atom is -0.383 e. The Labute approximate surface area is 63.5 Å². The molecule has 0 saturated heterocycles. The highest BCUT2D eigenvalue weighted by atomic mass is 31.1. The number of hydrogen-bond donors (Lipinski definition) is 1. The minimum atomic E-state index is 0.0600. The standard InChI is InChI=1S/C8H14NP/c1-7(2)9-8-4-5-10(3)6-8/h4-7,9H,1-3H3. The van der Waals surface area contributed by atoms with Gasteiger partial charge in [0.1, 0.15) is 0 Å². The number of hydrogen-bond acceptors (Lipinski definition) is 1. The van der Waals surface area contributed by atoms with E-state index in [4.69, 9.17) is 0 Å². The van der Waals surface area contributed by atoms with Gasteiger partial charge in [-0.25, -0.2) is 0 Å². The van der Waals surface area contributed by atoms with Crippen LogP contribution < -0.4 is 5.32 Å². The molecule has 1 nitrogen and oxygen atoms in total. The largest absolute Gasteiger partial charge is 0.383 e. The van der Waals surface area contributed by atoms with Crippen LogP contribution in [-0.2, 0) is 6.66 Å². The number of nitrogens with one attached hydrogen (secondary N) is 1. The molecule has 1 aromatic rings. The third-order valence-corrected chi connectivity index (χ3v) is 2.59. The van der Waals surface area contributed by atoms with E-state index in [1.165, 1.54) is 5.69 Å². The van der Waals surface area contributed by atoms with E-state index in [1.807, 2.05) is 0 Å². The third kappa shape index (κ3) is 2.07. The molecule has 10 heavy (non-hydrogen) atoms. The first-order valence-electron chi connectivity index (χ1n) is 3.57. The van der Waals surface area contributed by atoms with Crippen LogP contribution in [-0.4, -0.2) is 6.04 Å². The van der Waals surface area contributed by atoms with Crippen LogP contribution in [0, 0.1) is 0 Å². The lowest BCUT2D eigenvalue weighted by Gasteiger charge is -2.06. The summed E-state index contributed by atoms with van der Waals surface area (Å²) in [6.07, 6.45) is 0. The van der Waals surface area contributed by atoms with Crippen molar-refractivity contribution < 1.29 is 0 Å². The van der Waals surface area contributed by atoms with Crippen molar-refractivity contribution in [3.63, 3.8) is 0 Å². The summed E-state index contributed by atoms with van der Waals surface area (Å²) in [6, 6.07) is 2.73. The fraction of sp³-hybridized carbons (Fsp3) is 0.500. The summed E-state index contributed by atoms with van der Waals surface area (Å²) in [5.74, 6) is 4.56. The highest BCUT2D eigenvalue weighted by Crippen LogP contribution is 2.28. The fourth-order valence-electron chi connectivity index (χ4n) is 0.922. The first-order chi connectivity index (χ1) is 4.68. The maximum absolute atomic E-state index is 3.36. The Balaban J connectivity index is 2.58. The minimum absolute atomic E-state index is 0.0600. The Morgan fingerprint density at radius 1 is 1.50 bits per heavy atom. The van der Waals surface area contributed by atoms with E-state index < -0.39 is 0 Å². The summed E-state index contributed by atoms with van der Waals surface area (Å²) >= 11 is 0. The highest BCUT2D eigenvalue weighted by Gasteiger charge is 1.94. The predicted molar refractivity (Wildman–Crippen MR) is 48.9 cm³/mol. The zero-order valence-electron chi connectivity index (χ0n) is 6.76. The van der Waals surface area contributed by atoms with Gasteiger partial charge in [-0.3, -0.25) is 0 Å².